The first-order valence-corrected chi connectivity index (χ1v) is 4.10. The van der Waals surface area contributed by atoms with Gasteiger partial charge in [0.25, 0.3) is 0 Å². The third-order valence-corrected chi connectivity index (χ3v) is 1.97. The van der Waals surface area contributed by atoms with E-state index in [1.807, 2.05) is 14.1 Å². The van der Waals surface area contributed by atoms with Crippen LogP contribution >= 0.6 is 0 Å². The van der Waals surface area contributed by atoms with Crippen LogP contribution in [-0.4, -0.2) is 38.0 Å². The van der Waals surface area contributed by atoms with Gasteiger partial charge < -0.3 is 10.2 Å². The van der Waals surface area contributed by atoms with Crippen LogP contribution in [0.4, 0.5) is 0 Å². The number of carbonyl (C=O) groups excluding carboxylic acids is 1. The monoisotopic (exact) mass is 156 g/mol. The molecule has 0 aromatic heterocycles. The topological polar surface area (TPSA) is 32.3 Å². The number of nitrogens with one attached hydrogen (secondary N) is 1. The van der Waals surface area contributed by atoms with Gasteiger partial charge >= 0.3 is 0 Å². The standard InChI is InChI=1S/C8H16N2O/c1-10(2)6-7-3-4-9-8(11)5-7/h7H,3-6H2,1-2H3,(H,9,11). The summed E-state index contributed by atoms with van der Waals surface area (Å²) in [5.74, 6) is 0.779. The minimum Gasteiger partial charge on any atom is -0.356 e. The number of piperidine rings is 1. The van der Waals surface area contributed by atoms with Gasteiger partial charge in [-0.2, -0.15) is 0 Å². The minimum atomic E-state index is 0.211. The third-order valence-electron chi connectivity index (χ3n) is 1.97. The summed E-state index contributed by atoms with van der Waals surface area (Å²) in [7, 11) is 4.10. The molecule has 1 fully saturated rings. The van der Waals surface area contributed by atoms with Crippen molar-refractivity contribution in [3.63, 3.8) is 0 Å². The van der Waals surface area contributed by atoms with E-state index in [9.17, 15) is 4.79 Å². The van der Waals surface area contributed by atoms with Crippen molar-refractivity contribution in [2.24, 2.45) is 5.92 Å². The molecule has 0 spiro atoms. The lowest BCUT2D eigenvalue weighted by Crippen LogP contribution is -2.37. The van der Waals surface area contributed by atoms with Crippen molar-refractivity contribution in [2.75, 3.05) is 27.2 Å². The van der Waals surface area contributed by atoms with Crippen LogP contribution in [0.3, 0.4) is 0 Å². The minimum absolute atomic E-state index is 0.211. The fourth-order valence-corrected chi connectivity index (χ4v) is 1.52. The second kappa shape index (κ2) is 3.72. The van der Waals surface area contributed by atoms with Gasteiger partial charge in [-0.05, 0) is 26.4 Å². The largest absolute Gasteiger partial charge is 0.356 e. The van der Waals surface area contributed by atoms with Crippen LogP contribution in [0.2, 0.25) is 0 Å². The smallest absolute Gasteiger partial charge is 0.220 e. The Morgan fingerprint density at radius 1 is 1.64 bits per heavy atom. The van der Waals surface area contributed by atoms with Crippen LogP contribution < -0.4 is 5.32 Å². The van der Waals surface area contributed by atoms with Gasteiger partial charge in [0, 0.05) is 19.5 Å². The Balaban J connectivity index is 2.28. The van der Waals surface area contributed by atoms with Crippen LogP contribution in [0, 0.1) is 5.92 Å². The summed E-state index contributed by atoms with van der Waals surface area (Å²) in [6.07, 6.45) is 1.84. The lowest BCUT2D eigenvalue weighted by Gasteiger charge is -2.24. The van der Waals surface area contributed by atoms with Crippen molar-refractivity contribution in [1.82, 2.24) is 10.2 Å². The molecule has 64 valence electrons. The molecular formula is C8H16N2O. The molecule has 1 amide bonds. The Labute approximate surface area is 67.8 Å². The van der Waals surface area contributed by atoms with Crippen molar-refractivity contribution >= 4 is 5.91 Å². The molecule has 3 nitrogen and oxygen atoms in total. The lowest BCUT2D eigenvalue weighted by molar-refractivity contribution is -0.123. The van der Waals surface area contributed by atoms with E-state index in [0.717, 1.165) is 19.5 Å². The number of rotatable bonds is 2. The molecule has 0 aromatic rings. The van der Waals surface area contributed by atoms with E-state index in [1.54, 1.807) is 0 Å². The first kappa shape index (κ1) is 8.53. The van der Waals surface area contributed by atoms with Crippen LogP contribution in [0.5, 0.6) is 0 Å². The van der Waals surface area contributed by atoms with Gasteiger partial charge in [-0.25, -0.2) is 0 Å². The van der Waals surface area contributed by atoms with Gasteiger partial charge in [0.1, 0.15) is 0 Å². The highest BCUT2D eigenvalue weighted by molar-refractivity contribution is 5.76. The van der Waals surface area contributed by atoms with E-state index in [-0.39, 0.29) is 5.91 Å². The molecule has 1 aliphatic heterocycles. The van der Waals surface area contributed by atoms with E-state index in [1.165, 1.54) is 0 Å². The van der Waals surface area contributed by atoms with Crippen molar-refractivity contribution in [3.8, 4) is 0 Å². The quantitative estimate of drug-likeness (QED) is 0.614. The Kier molecular flexibility index (Phi) is 2.88. The maximum atomic E-state index is 10.9. The predicted molar refractivity (Wildman–Crippen MR) is 44.3 cm³/mol. The van der Waals surface area contributed by atoms with Crippen LogP contribution in [0.1, 0.15) is 12.8 Å². The third kappa shape index (κ3) is 2.89. The Morgan fingerprint density at radius 2 is 2.36 bits per heavy atom. The van der Waals surface area contributed by atoms with Gasteiger partial charge in [0.05, 0.1) is 0 Å². The fraction of sp³-hybridized carbons (Fsp3) is 0.875. The Hall–Kier alpha value is -0.570. The van der Waals surface area contributed by atoms with E-state index < -0.39 is 0 Å². The first-order valence-electron chi connectivity index (χ1n) is 4.10. The van der Waals surface area contributed by atoms with Crippen molar-refractivity contribution < 1.29 is 4.79 Å². The van der Waals surface area contributed by atoms with Gasteiger partial charge in [-0.3, -0.25) is 4.79 Å². The zero-order valence-corrected chi connectivity index (χ0v) is 7.26. The molecule has 11 heavy (non-hydrogen) atoms. The van der Waals surface area contributed by atoms with Crippen molar-refractivity contribution in [3.05, 3.63) is 0 Å². The summed E-state index contributed by atoms with van der Waals surface area (Å²) in [6.45, 7) is 1.89. The molecule has 1 rings (SSSR count). The molecule has 1 saturated heterocycles. The lowest BCUT2D eigenvalue weighted by atomic mass is 9.97. The molecule has 0 aliphatic carbocycles. The zero-order chi connectivity index (χ0) is 8.27. The average Bonchev–Trinajstić information content (AvgIpc) is 1.85. The summed E-state index contributed by atoms with van der Waals surface area (Å²) in [5.41, 5.74) is 0. The van der Waals surface area contributed by atoms with E-state index in [4.69, 9.17) is 0 Å². The number of carbonyl (C=O) groups is 1. The average molecular weight is 156 g/mol. The first-order chi connectivity index (χ1) is 5.18. The maximum absolute atomic E-state index is 10.9. The molecule has 0 bridgehead atoms. The van der Waals surface area contributed by atoms with Gasteiger partial charge in [-0.1, -0.05) is 0 Å². The summed E-state index contributed by atoms with van der Waals surface area (Å²) in [6, 6.07) is 0. The van der Waals surface area contributed by atoms with Crippen molar-refractivity contribution in [2.45, 2.75) is 12.8 Å². The van der Waals surface area contributed by atoms with Gasteiger partial charge in [0.2, 0.25) is 5.91 Å². The van der Waals surface area contributed by atoms with E-state index >= 15 is 0 Å². The molecular weight excluding hydrogens is 140 g/mol. The Bertz CT molecular complexity index is 145. The van der Waals surface area contributed by atoms with Crippen LogP contribution in [0.25, 0.3) is 0 Å². The SMILES string of the molecule is CN(C)CC1CCNC(=O)C1. The number of amides is 1. The summed E-state index contributed by atoms with van der Waals surface area (Å²) in [4.78, 5) is 13.1. The molecule has 0 aromatic carbocycles. The van der Waals surface area contributed by atoms with Crippen molar-refractivity contribution in [1.29, 1.82) is 0 Å². The maximum Gasteiger partial charge on any atom is 0.220 e. The van der Waals surface area contributed by atoms with Crippen LogP contribution in [-0.2, 0) is 4.79 Å². The number of hydrogen-bond acceptors (Lipinski definition) is 2. The van der Waals surface area contributed by atoms with Crippen LogP contribution in [0.15, 0.2) is 0 Å². The molecule has 3 heteroatoms. The summed E-state index contributed by atoms with van der Waals surface area (Å²) >= 11 is 0. The highest BCUT2D eigenvalue weighted by Gasteiger charge is 2.18. The van der Waals surface area contributed by atoms with Gasteiger partial charge in [-0.15, -0.1) is 0 Å². The second-order valence-electron chi connectivity index (χ2n) is 3.47. The van der Waals surface area contributed by atoms with E-state index in [2.05, 4.69) is 10.2 Å². The highest BCUT2D eigenvalue weighted by Crippen LogP contribution is 2.12. The Morgan fingerprint density at radius 3 is 2.91 bits per heavy atom. The van der Waals surface area contributed by atoms with E-state index in [0.29, 0.717) is 12.3 Å². The molecule has 0 saturated carbocycles. The molecule has 1 unspecified atom stereocenters. The molecule has 1 N–H and O–H groups in total. The second-order valence-corrected chi connectivity index (χ2v) is 3.47. The zero-order valence-electron chi connectivity index (χ0n) is 7.26. The molecule has 0 radical (unpaired) electrons. The number of hydrogen-bond donors (Lipinski definition) is 1. The molecule has 1 heterocycles. The summed E-state index contributed by atoms with van der Waals surface area (Å²) < 4.78 is 0. The molecule has 1 aliphatic rings. The molecule has 1 atom stereocenters. The summed E-state index contributed by atoms with van der Waals surface area (Å²) in [5, 5.41) is 2.83. The van der Waals surface area contributed by atoms with Gasteiger partial charge in [0.15, 0.2) is 0 Å². The number of nitrogens with zero attached hydrogens (tertiary/aromatic N) is 1. The highest BCUT2D eigenvalue weighted by atomic mass is 16.1. The predicted octanol–water partition coefficient (Wildman–Crippen LogP) is 0.0742. The fourth-order valence-electron chi connectivity index (χ4n) is 1.52. The normalized spacial score (nSPS) is 25.4.